The molecule has 0 radical (unpaired) electrons. The highest BCUT2D eigenvalue weighted by Gasteiger charge is 2.17. The first-order chi connectivity index (χ1) is 13.5. The zero-order valence-corrected chi connectivity index (χ0v) is 16.9. The summed E-state index contributed by atoms with van der Waals surface area (Å²) < 4.78 is 0. The number of aromatic nitrogens is 2. The van der Waals surface area contributed by atoms with Crippen molar-refractivity contribution in [3.05, 3.63) is 64.5 Å². The minimum absolute atomic E-state index is 0.0156. The van der Waals surface area contributed by atoms with Crippen LogP contribution in [0.1, 0.15) is 39.3 Å². The molecule has 1 atom stereocenters. The van der Waals surface area contributed by atoms with Gasteiger partial charge in [0, 0.05) is 12.6 Å². The highest BCUT2D eigenvalue weighted by atomic mass is 16.2. The van der Waals surface area contributed by atoms with Crippen molar-refractivity contribution >= 4 is 16.9 Å². The first-order valence-electron chi connectivity index (χ1n) is 10.0. The minimum Gasteiger partial charge on any atom is -0.340 e. The first-order valence-corrected chi connectivity index (χ1v) is 10.0. The van der Waals surface area contributed by atoms with E-state index in [1.54, 1.807) is 4.90 Å². The van der Waals surface area contributed by atoms with Gasteiger partial charge in [-0.15, -0.1) is 0 Å². The van der Waals surface area contributed by atoms with Gasteiger partial charge in [0.25, 0.3) is 5.91 Å². The van der Waals surface area contributed by atoms with Crippen molar-refractivity contribution in [1.29, 1.82) is 0 Å². The van der Waals surface area contributed by atoms with E-state index in [2.05, 4.69) is 53.4 Å². The van der Waals surface area contributed by atoms with Gasteiger partial charge in [0.05, 0.1) is 17.6 Å². The molecule has 1 unspecified atom stereocenters. The summed E-state index contributed by atoms with van der Waals surface area (Å²) >= 11 is 0. The second kappa shape index (κ2) is 7.76. The molecule has 2 heterocycles. The van der Waals surface area contributed by atoms with E-state index in [-0.39, 0.29) is 5.91 Å². The minimum atomic E-state index is 0.0156. The van der Waals surface area contributed by atoms with Crippen LogP contribution in [0.5, 0.6) is 0 Å². The number of nitrogens with zero attached hydrogens (tertiary/aromatic N) is 2. The third kappa shape index (κ3) is 3.94. The van der Waals surface area contributed by atoms with Crippen LogP contribution >= 0.6 is 0 Å². The van der Waals surface area contributed by atoms with Gasteiger partial charge in [-0.25, -0.2) is 4.98 Å². The number of benzene rings is 2. The second-order valence-corrected chi connectivity index (χ2v) is 8.06. The molecule has 1 aromatic heterocycles. The molecule has 1 amide bonds. The Morgan fingerprint density at radius 1 is 1.18 bits per heavy atom. The summed E-state index contributed by atoms with van der Waals surface area (Å²) in [6, 6.07) is 12.3. The first kappa shape index (κ1) is 18.7. The lowest BCUT2D eigenvalue weighted by atomic mass is 9.98. The molecule has 0 spiro atoms. The summed E-state index contributed by atoms with van der Waals surface area (Å²) in [5.74, 6) is 1.53. The molecular formula is C23H28N4O. The van der Waals surface area contributed by atoms with Gasteiger partial charge in [-0.3, -0.25) is 4.79 Å². The average molecular weight is 377 g/mol. The number of hydrogen-bond donors (Lipinski definition) is 2. The number of carbonyl (C=O) groups excluding carboxylic acids is 1. The van der Waals surface area contributed by atoms with Gasteiger partial charge in [-0.05, 0) is 86.7 Å². The highest BCUT2D eigenvalue weighted by Crippen LogP contribution is 2.19. The normalized spacial score (nSPS) is 16.6. The van der Waals surface area contributed by atoms with E-state index in [0.29, 0.717) is 12.5 Å². The Labute approximate surface area is 166 Å². The quantitative estimate of drug-likeness (QED) is 0.715. The number of imidazole rings is 1. The third-order valence-electron chi connectivity index (χ3n) is 5.77. The number of aromatic amines is 1. The number of aryl methyl sites for hydroxylation is 2. The molecule has 4 rings (SSSR count). The van der Waals surface area contributed by atoms with E-state index in [1.165, 1.54) is 23.1 Å². The fourth-order valence-electron chi connectivity index (χ4n) is 3.92. The predicted octanol–water partition coefficient (Wildman–Crippen LogP) is 3.60. The van der Waals surface area contributed by atoms with E-state index in [9.17, 15) is 4.79 Å². The molecule has 0 aliphatic carbocycles. The van der Waals surface area contributed by atoms with E-state index in [1.807, 2.05) is 19.2 Å². The van der Waals surface area contributed by atoms with Crippen molar-refractivity contribution in [3.8, 4) is 0 Å². The van der Waals surface area contributed by atoms with Gasteiger partial charge in [-0.1, -0.05) is 12.1 Å². The molecular weight excluding hydrogens is 348 g/mol. The van der Waals surface area contributed by atoms with Crippen LogP contribution in [0, 0.1) is 19.8 Å². The summed E-state index contributed by atoms with van der Waals surface area (Å²) in [4.78, 5) is 22.5. The number of amides is 1. The Kier molecular flexibility index (Phi) is 5.18. The Bertz CT molecular complexity index is 945. The Morgan fingerprint density at radius 2 is 1.93 bits per heavy atom. The monoisotopic (exact) mass is 376 g/mol. The number of fused-ring (bicyclic) bond motifs is 1. The standard InChI is InChI=1S/C23H28N4O/c1-15-10-20-21(11-16(15)2)26-22(25-20)14-27(3)23(28)19-6-4-17(5-7-19)12-18-8-9-24-13-18/h4-7,10-11,18,24H,8-9,12-14H2,1-3H3,(H,25,26). The van der Waals surface area contributed by atoms with Crippen LogP contribution in [0.4, 0.5) is 0 Å². The molecule has 1 fully saturated rings. The molecule has 5 nitrogen and oxygen atoms in total. The molecule has 2 N–H and O–H groups in total. The van der Waals surface area contributed by atoms with Crippen LogP contribution < -0.4 is 5.32 Å². The average Bonchev–Trinajstić information content (AvgIpc) is 3.31. The Hall–Kier alpha value is -2.66. The molecule has 0 bridgehead atoms. The summed E-state index contributed by atoms with van der Waals surface area (Å²) in [6.45, 7) is 6.86. The number of rotatable bonds is 5. The predicted molar refractivity (Wildman–Crippen MR) is 112 cm³/mol. The van der Waals surface area contributed by atoms with Gasteiger partial charge in [0.1, 0.15) is 5.82 Å². The van der Waals surface area contributed by atoms with E-state index in [4.69, 9.17) is 0 Å². The molecule has 1 saturated heterocycles. The van der Waals surface area contributed by atoms with Crippen LogP contribution in [-0.2, 0) is 13.0 Å². The molecule has 1 aliphatic heterocycles. The maximum Gasteiger partial charge on any atom is 0.253 e. The maximum atomic E-state index is 12.8. The van der Waals surface area contributed by atoms with Crippen molar-refractivity contribution in [2.24, 2.45) is 5.92 Å². The molecule has 5 heteroatoms. The molecule has 2 aromatic carbocycles. The summed E-state index contributed by atoms with van der Waals surface area (Å²) in [5.41, 5.74) is 6.45. The number of carbonyl (C=O) groups is 1. The summed E-state index contributed by atoms with van der Waals surface area (Å²) in [6.07, 6.45) is 2.31. The van der Waals surface area contributed by atoms with Gasteiger partial charge >= 0.3 is 0 Å². The maximum absolute atomic E-state index is 12.8. The van der Waals surface area contributed by atoms with Gasteiger partial charge < -0.3 is 15.2 Å². The molecule has 0 saturated carbocycles. The lowest BCUT2D eigenvalue weighted by molar-refractivity contribution is 0.0782. The van der Waals surface area contributed by atoms with Crippen LogP contribution in [0.2, 0.25) is 0 Å². The van der Waals surface area contributed by atoms with Gasteiger partial charge in [-0.2, -0.15) is 0 Å². The smallest absolute Gasteiger partial charge is 0.253 e. The van der Waals surface area contributed by atoms with Gasteiger partial charge in [0.15, 0.2) is 0 Å². The SMILES string of the molecule is Cc1cc2nc(CN(C)C(=O)c3ccc(CC4CCNC4)cc3)[nH]c2cc1C. The van der Waals surface area contributed by atoms with E-state index >= 15 is 0 Å². The van der Waals surface area contributed by atoms with Crippen LogP contribution in [-0.4, -0.2) is 40.9 Å². The fraction of sp³-hybridized carbons (Fsp3) is 0.391. The zero-order chi connectivity index (χ0) is 19.7. The van der Waals surface area contributed by atoms with Crippen molar-refractivity contribution in [2.75, 3.05) is 20.1 Å². The van der Waals surface area contributed by atoms with Crippen molar-refractivity contribution < 1.29 is 4.79 Å². The Morgan fingerprint density at radius 3 is 2.64 bits per heavy atom. The van der Waals surface area contributed by atoms with Crippen LogP contribution in [0.25, 0.3) is 11.0 Å². The summed E-state index contributed by atoms with van der Waals surface area (Å²) in [5, 5.41) is 3.41. The molecule has 3 aromatic rings. The lowest BCUT2D eigenvalue weighted by Gasteiger charge is -2.16. The van der Waals surface area contributed by atoms with Crippen molar-refractivity contribution in [2.45, 2.75) is 33.2 Å². The van der Waals surface area contributed by atoms with Gasteiger partial charge in [0.2, 0.25) is 0 Å². The lowest BCUT2D eigenvalue weighted by Crippen LogP contribution is -2.26. The largest absolute Gasteiger partial charge is 0.340 e. The highest BCUT2D eigenvalue weighted by molar-refractivity contribution is 5.94. The molecule has 28 heavy (non-hydrogen) atoms. The van der Waals surface area contributed by atoms with Crippen LogP contribution in [0.15, 0.2) is 36.4 Å². The molecule has 146 valence electrons. The number of H-pyrrole nitrogens is 1. The number of hydrogen-bond acceptors (Lipinski definition) is 3. The molecule has 1 aliphatic rings. The summed E-state index contributed by atoms with van der Waals surface area (Å²) in [7, 11) is 1.82. The number of nitrogens with one attached hydrogen (secondary N) is 2. The van der Waals surface area contributed by atoms with E-state index in [0.717, 1.165) is 41.9 Å². The topological polar surface area (TPSA) is 61.0 Å². The fourth-order valence-corrected chi connectivity index (χ4v) is 3.92. The third-order valence-corrected chi connectivity index (χ3v) is 5.77. The Balaban J connectivity index is 1.42. The zero-order valence-electron chi connectivity index (χ0n) is 16.9. The second-order valence-electron chi connectivity index (χ2n) is 8.06. The van der Waals surface area contributed by atoms with Crippen molar-refractivity contribution in [1.82, 2.24) is 20.2 Å². The van der Waals surface area contributed by atoms with Crippen molar-refractivity contribution in [3.63, 3.8) is 0 Å². The van der Waals surface area contributed by atoms with Crippen LogP contribution in [0.3, 0.4) is 0 Å². The van der Waals surface area contributed by atoms with E-state index < -0.39 is 0 Å².